The molecule has 5 nitrogen and oxygen atoms in total. The molecule has 0 atom stereocenters. The highest BCUT2D eigenvalue weighted by Gasteiger charge is 2.01. The van der Waals surface area contributed by atoms with Gasteiger partial charge in [0.2, 0.25) is 0 Å². The van der Waals surface area contributed by atoms with E-state index in [9.17, 15) is 0 Å². The van der Waals surface area contributed by atoms with E-state index in [2.05, 4.69) is 36.1 Å². The fourth-order valence-corrected chi connectivity index (χ4v) is 1.73. The summed E-state index contributed by atoms with van der Waals surface area (Å²) in [7, 11) is 1.99. The van der Waals surface area contributed by atoms with Crippen LogP contribution in [0.4, 0.5) is 0 Å². The van der Waals surface area contributed by atoms with Gasteiger partial charge in [-0.05, 0) is 20.0 Å². The second-order valence-corrected chi connectivity index (χ2v) is 4.95. The van der Waals surface area contributed by atoms with Gasteiger partial charge in [0.1, 0.15) is 6.26 Å². The molecule has 1 heterocycles. The summed E-state index contributed by atoms with van der Waals surface area (Å²) < 4.78 is 10.3. The van der Waals surface area contributed by atoms with Gasteiger partial charge >= 0.3 is 0 Å². The molecule has 23 heavy (non-hydrogen) atoms. The van der Waals surface area contributed by atoms with Crippen molar-refractivity contribution in [2.24, 2.45) is 0 Å². The Balaban J connectivity index is 0. The van der Waals surface area contributed by atoms with Crippen molar-refractivity contribution in [2.75, 3.05) is 46.4 Å². The number of nitrogens with one attached hydrogen (secondary N) is 1. The SMILES string of the molecule is CC.CCC.CCN(CCCOCCc1ccon1)CCNC. The lowest BCUT2D eigenvalue weighted by Gasteiger charge is -2.19. The largest absolute Gasteiger partial charge is 0.381 e. The minimum absolute atomic E-state index is 0.717. The highest BCUT2D eigenvalue weighted by molar-refractivity contribution is 4.94. The maximum absolute atomic E-state index is 5.58. The molecule has 0 saturated heterocycles. The fraction of sp³-hybridized carbons (Fsp3) is 0.833. The Morgan fingerprint density at radius 2 is 1.87 bits per heavy atom. The van der Waals surface area contributed by atoms with E-state index in [1.54, 1.807) is 6.26 Å². The van der Waals surface area contributed by atoms with E-state index in [1.807, 2.05) is 27.0 Å². The molecule has 0 spiro atoms. The summed E-state index contributed by atoms with van der Waals surface area (Å²) >= 11 is 0. The Kier molecular flexibility index (Phi) is 22.3. The smallest absolute Gasteiger partial charge is 0.124 e. The average molecular weight is 330 g/mol. The van der Waals surface area contributed by atoms with Gasteiger partial charge in [0.25, 0.3) is 0 Å². The van der Waals surface area contributed by atoms with Crippen molar-refractivity contribution in [1.82, 2.24) is 15.4 Å². The predicted octanol–water partition coefficient (Wildman–Crippen LogP) is 3.61. The maximum Gasteiger partial charge on any atom is 0.124 e. The Labute approximate surface area is 143 Å². The third-order valence-corrected chi connectivity index (χ3v) is 2.88. The van der Waals surface area contributed by atoms with E-state index in [-0.39, 0.29) is 0 Å². The summed E-state index contributed by atoms with van der Waals surface area (Å²) in [6.07, 6.45) is 4.75. The normalized spacial score (nSPS) is 9.87. The number of hydrogen-bond donors (Lipinski definition) is 1. The van der Waals surface area contributed by atoms with Gasteiger partial charge in [-0.3, -0.25) is 0 Å². The molecule has 1 N–H and O–H groups in total. The lowest BCUT2D eigenvalue weighted by molar-refractivity contribution is 0.123. The van der Waals surface area contributed by atoms with Crippen molar-refractivity contribution >= 4 is 0 Å². The summed E-state index contributed by atoms with van der Waals surface area (Å²) in [5.41, 5.74) is 0.958. The third kappa shape index (κ3) is 17.3. The van der Waals surface area contributed by atoms with Crippen LogP contribution in [-0.4, -0.2) is 56.5 Å². The molecule has 0 aromatic carbocycles. The molecular weight excluding hydrogens is 290 g/mol. The van der Waals surface area contributed by atoms with Crippen LogP contribution < -0.4 is 5.32 Å². The zero-order chi connectivity index (χ0) is 17.8. The van der Waals surface area contributed by atoms with E-state index >= 15 is 0 Å². The van der Waals surface area contributed by atoms with Crippen molar-refractivity contribution in [3.8, 4) is 0 Å². The van der Waals surface area contributed by atoms with Crippen LogP contribution >= 0.6 is 0 Å². The van der Waals surface area contributed by atoms with Crippen LogP contribution in [0.15, 0.2) is 16.9 Å². The van der Waals surface area contributed by atoms with Crippen molar-refractivity contribution in [1.29, 1.82) is 0 Å². The van der Waals surface area contributed by atoms with Gasteiger partial charge < -0.3 is 19.5 Å². The molecule has 0 aliphatic carbocycles. The first-order valence-corrected chi connectivity index (χ1v) is 9.12. The first-order valence-electron chi connectivity index (χ1n) is 9.12. The summed E-state index contributed by atoms with van der Waals surface area (Å²) in [5.74, 6) is 0. The first-order chi connectivity index (χ1) is 11.3. The van der Waals surface area contributed by atoms with Crippen LogP contribution in [0.3, 0.4) is 0 Å². The van der Waals surface area contributed by atoms with E-state index < -0.39 is 0 Å². The highest BCUT2D eigenvalue weighted by atomic mass is 16.5. The van der Waals surface area contributed by atoms with Crippen LogP contribution in [0, 0.1) is 0 Å². The maximum atomic E-state index is 5.58. The van der Waals surface area contributed by atoms with E-state index in [0.717, 1.165) is 57.9 Å². The topological polar surface area (TPSA) is 50.5 Å². The molecule has 0 aliphatic rings. The van der Waals surface area contributed by atoms with Gasteiger partial charge in [-0.2, -0.15) is 0 Å². The quantitative estimate of drug-likeness (QED) is 0.629. The first kappa shape index (κ1) is 24.3. The highest BCUT2D eigenvalue weighted by Crippen LogP contribution is 1.97. The van der Waals surface area contributed by atoms with Gasteiger partial charge in [-0.1, -0.05) is 46.2 Å². The van der Waals surface area contributed by atoms with Crippen LogP contribution in [0.2, 0.25) is 0 Å². The molecule has 0 unspecified atom stereocenters. The van der Waals surface area contributed by atoms with Gasteiger partial charge in [0.15, 0.2) is 0 Å². The summed E-state index contributed by atoms with van der Waals surface area (Å²) in [6, 6.07) is 1.87. The minimum Gasteiger partial charge on any atom is -0.381 e. The Hall–Kier alpha value is -0.910. The van der Waals surface area contributed by atoms with Crippen LogP contribution in [0.5, 0.6) is 0 Å². The molecule has 1 rings (SSSR count). The average Bonchev–Trinajstić information content (AvgIpc) is 3.09. The van der Waals surface area contributed by atoms with Crippen molar-refractivity contribution in [3.63, 3.8) is 0 Å². The number of aromatic nitrogens is 1. The van der Waals surface area contributed by atoms with Crippen molar-refractivity contribution in [3.05, 3.63) is 18.0 Å². The molecule has 1 aromatic rings. The second kappa shape index (κ2) is 21.1. The lowest BCUT2D eigenvalue weighted by atomic mass is 10.3. The second-order valence-electron chi connectivity index (χ2n) is 4.95. The number of ether oxygens (including phenoxy) is 1. The van der Waals surface area contributed by atoms with Crippen molar-refractivity contribution in [2.45, 2.75) is 53.9 Å². The standard InChI is InChI=1S/C13H25N3O2.C3H8.C2H6/c1-3-16(9-7-14-2)8-4-10-17-11-5-13-6-12-18-15-13;1-3-2;1-2/h6,12,14H,3-5,7-11H2,1-2H3;3H2,1-2H3;1-2H3. The van der Waals surface area contributed by atoms with Crippen LogP contribution in [-0.2, 0) is 11.2 Å². The fourth-order valence-electron chi connectivity index (χ4n) is 1.73. The third-order valence-electron chi connectivity index (χ3n) is 2.88. The Bertz CT molecular complexity index is 292. The minimum atomic E-state index is 0.717. The van der Waals surface area contributed by atoms with Gasteiger partial charge in [0, 0.05) is 38.7 Å². The lowest BCUT2D eigenvalue weighted by Crippen LogP contribution is -2.32. The zero-order valence-corrected chi connectivity index (χ0v) is 16.2. The van der Waals surface area contributed by atoms with E-state index in [1.165, 1.54) is 6.42 Å². The Morgan fingerprint density at radius 1 is 1.17 bits per heavy atom. The summed E-state index contributed by atoms with van der Waals surface area (Å²) in [6.45, 7) is 16.3. The summed E-state index contributed by atoms with van der Waals surface area (Å²) in [4.78, 5) is 2.43. The van der Waals surface area contributed by atoms with Gasteiger partial charge in [0.05, 0.1) is 12.3 Å². The van der Waals surface area contributed by atoms with Crippen LogP contribution in [0.1, 0.15) is 53.2 Å². The molecule has 1 aromatic heterocycles. The van der Waals surface area contributed by atoms with Crippen LogP contribution in [0.25, 0.3) is 0 Å². The number of rotatable bonds is 11. The van der Waals surface area contributed by atoms with E-state index in [4.69, 9.17) is 9.26 Å². The number of nitrogens with zero attached hydrogens (tertiary/aromatic N) is 2. The molecule has 0 saturated carbocycles. The molecular formula is C18H39N3O2. The molecule has 0 bridgehead atoms. The van der Waals surface area contributed by atoms with Crippen molar-refractivity contribution < 1.29 is 9.26 Å². The van der Waals surface area contributed by atoms with Gasteiger partial charge in [-0.25, -0.2) is 0 Å². The molecule has 138 valence electrons. The molecule has 0 aliphatic heterocycles. The number of likely N-dealkylation sites (N-methyl/N-ethyl adjacent to an activating group) is 2. The summed E-state index contributed by atoms with van der Waals surface area (Å²) in [5, 5.41) is 7.01. The Morgan fingerprint density at radius 3 is 2.39 bits per heavy atom. The molecule has 5 heteroatoms. The monoisotopic (exact) mass is 329 g/mol. The van der Waals surface area contributed by atoms with Gasteiger partial charge in [-0.15, -0.1) is 0 Å². The molecule has 0 fully saturated rings. The number of hydrogen-bond acceptors (Lipinski definition) is 5. The predicted molar refractivity (Wildman–Crippen MR) is 99.0 cm³/mol. The zero-order valence-electron chi connectivity index (χ0n) is 16.2. The molecule has 0 amide bonds. The molecule has 0 radical (unpaired) electrons. The van der Waals surface area contributed by atoms with E-state index in [0.29, 0.717) is 0 Å².